The number of amides is 2. The van der Waals surface area contributed by atoms with Crippen molar-refractivity contribution in [2.75, 3.05) is 31.6 Å². The van der Waals surface area contributed by atoms with E-state index in [1.54, 1.807) is 25.3 Å². The van der Waals surface area contributed by atoms with Gasteiger partial charge in [0.2, 0.25) is 0 Å². The summed E-state index contributed by atoms with van der Waals surface area (Å²) in [5.74, 6) is 0.0177. The number of fused-ring (bicyclic) bond motifs is 1. The number of carbonyl (C=O) groups is 2. The Hall–Kier alpha value is -3.09. The third-order valence-corrected chi connectivity index (χ3v) is 6.21. The Balaban J connectivity index is 1.55. The number of aryl methyl sites for hydroxylation is 1. The van der Waals surface area contributed by atoms with Crippen molar-refractivity contribution in [3.8, 4) is 5.75 Å². The van der Waals surface area contributed by atoms with Crippen molar-refractivity contribution in [3.05, 3.63) is 58.9 Å². The Morgan fingerprint density at radius 1 is 1.20 bits per heavy atom. The van der Waals surface area contributed by atoms with E-state index in [0.29, 0.717) is 43.6 Å². The lowest BCUT2D eigenvalue weighted by molar-refractivity contribution is 0.0603. The summed E-state index contributed by atoms with van der Waals surface area (Å²) in [6.45, 7) is 5.64. The number of nitrogens with one attached hydrogen (secondary N) is 1. The zero-order valence-corrected chi connectivity index (χ0v) is 17.5. The first-order valence-corrected chi connectivity index (χ1v) is 10.2. The molecule has 4 rings (SSSR count). The van der Waals surface area contributed by atoms with Gasteiger partial charge in [0.15, 0.2) is 0 Å². The highest BCUT2D eigenvalue weighted by Crippen LogP contribution is 2.37. The van der Waals surface area contributed by atoms with Crippen molar-refractivity contribution in [2.45, 2.75) is 32.4 Å². The second-order valence-corrected chi connectivity index (χ2v) is 7.86. The molecule has 158 valence electrons. The van der Waals surface area contributed by atoms with Crippen LogP contribution in [0.1, 0.15) is 46.0 Å². The summed E-state index contributed by atoms with van der Waals surface area (Å²) in [5, 5.41) is 3.11. The Kier molecular flexibility index (Phi) is 5.13. The molecule has 2 amide bonds. The SMILES string of the molecule is CCN1c2ccc(F)cc2C(=O)NC12CCN(C(=O)c1ccc(OC)cc1C)CC2. The fraction of sp³-hybridized carbons (Fsp3) is 0.391. The van der Waals surface area contributed by atoms with Crippen molar-refractivity contribution >= 4 is 17.5 Å². The van der Waals surface area contributed by atoms with Crippen LogP contribution in [0.25, 0.3) is 0 Å². The zero-order chi connectivity index (χ0) is 21.5. The predicted molar refractivity (Wildman–Crippen MR) is 112 cm³/mol. The lowest BCUT2D eigenvalue weighted by Gasteiger charge is -2.52. The van der Waals surface area contributed by atoms with Gasteiger partial charge in [-0.1, -0.05) is 0 Å². The van der Waals surface area contributed by atoms with Gasteiger partial charge in [-0.05, 0) is 55.8 Å². The Labute approximate surface area is 175 Å². The molecule has 2 aromatic carbocycles. The zero-order valence-electron chi connectivity index (χ0n) is 17.5. The fourth-order valence-corrected chi connectivity index (χ4v) is 4.62. The minimum Gasteiger partial charge on any atom is -0.497 e. The standard InChI is InChI=1S/C23H26FN3O3/c1-4-27-20-8-5-16(24)14-19(20)21(28)25-23(27)9-11-26(12-10-23)22(29)18-7-6-17(30-3)13-15(18)2/h5-8,13-14H,4,9-12H2,1-3H3,(H,25,28). The molecular weight excluding hydrogens is 385 g/mol. The molecule has 2 heterocycles. The van der Waals surface area contributed by atoms with Crippen molar-refractivity contribution in [3.63, 3.8) is 0 Å². The number of piperidine rings is 1. The number of methoxy groups -OCH3 is 1. The van der Waals surface area contributed by atoms with Crippen LogP contribution in [0.15, 0.2) is 36.4 Å². The maximum Gasteiger partial charge on any atom is 0.255 e. The normalized spacial score (nSPS) is 17.5. The van der Waals surface area contributed by atoms with Gasteiger partial charge >= 0.3 is 0 Å². The van der Waals surface area contributed by atoms with Gasteiger partial charge in [0.1, 0.15) is 17.2 Å². The molecule has 1 saturated heterocycles. The highest BCUT2D eigenvalue weighted by Gasteiger charge is 2.46. The van der Waals surface area contributed by atoms with Gasteiger partial charge in [-0.25, -0.2) is 4.39 Å². The average molecular weight is 411 g/mol. The minimum atomic E-state index is -0.567. The number of carbonyl (C=O) groups excluding carboxylic acids is 2. The summed E-state index contributed by atoms with van der Waals surface area (Å²) in [4.78, 5) is 29.8. The van der Waals surface area contributed by atoms with Gasteiger partial charge in [-0.3, -0.25) is 9.59 Å². The first-order valence-electron chi connectivity index (χ1n) is 10.2. The number of hydrogen-bond donors (Lipinski definition) is 1. The summed E-state index contributed by atoms with van der Waals surface area (Å²) in [6, 6.07) is 9.79. The van der Waals surface area contributed by atoms with E-state index in [1.807, 2.05) is 24.8 Å². The molecule has 2 aliphatic heterocycles. The van der Waals surface area contributed by atoms with Crippen molar-refractivity contribution in [1.29, 1.82) is 0 Å². The number of halogens is 1. The van der Waals surface area contributed by atoms with Gasteiger partial charge < -0.3 is 19.9 Å². The molecule has 30 heavy (non-hydrogen) atoms. The highest BCUT2D eigenvalue weighted by atomic mass is 19.1. The minimum absolute atomic E-state index is 0.0161. The van der Waals surface area contributed by atoms with E-state index in [-0.39, 0.29) is 11.8 Å². The van der Waals surface area contributed by atoms with Gasteiger partial charge in [0.05, 0.1) is 18.4 Å². The number of hydrogen-bond acceptors (Lipinski definition) is 4. The summed E-state index contributed by atoms with van der Waals surface area (Å²) in [6.07, 6.45) is 1.20. The Bertz CT molecular complexity index is 999. The van der Waals surface area contributed by atoms with Gasteiger partial charge in [-0.15, -0.1) is 0 Å². The van der Waals surface area contributed by atoms with E-state index >= 15 is 0 Å². The maximum atomic E-state index is 13.7. The fourth-order valence-electron chi connectivity index (χ4n) is 4.62. The Morgan fingerprint density at radius 3 is 2.57 bits per heavy atom. The predicted octanol–water partition coefficient (Wildman–Crippen LogP) is 3.34. The molecule has 0 atom stereocenters. The molecule has 1 N–H and O–H groups in total. The van der Waals surface area contributed by atoms with Crippen LogP contribution in [0.3, 0.4) is 0 Å². The molecule has 0 aliphatic carbocycles. The summed E-state index contributed by atoms with van der Waals surface area (Å²) in [5.41, 5.74) is 2.06. The largest absolute Gasteiger partial charge is 0.497 e. The second kappa shape index (κ2) is 7.63. The highest BCUT2D eigenvalue weighted by molar-refractivity contribution is 6.02. The molecule has 0 saturated carbocycles. The van der Waals surface area contributed by atoms with Crippen LogP contribution in [0.4, 0.5) is 10.1 Å². The smallest absolute Gasteiger partial charge is 0.255 e. The number of rotatable bonds is 3. The van der Waals surface area contributed by atoms with Gasteiger partial charge in [0.25, 0.3) is 11.8 Å². The van der Waals surface area contributed by atoms with Crippen LogP contribution in [-0.4, -0.2) is 49.1 Å². The van der Waals surface area contributed by atoms with Crippen LogP contribution in [0.5, 0.6) is 5.75 Å². The van der Waals surface area contributed by atoms with E-state index < -0.39 is 11.5 Å². The molecule has 6 nitrogen and oxygen atoms in total. The van der Waals surface area contributed by atoms with Crippen molar-refractivity contribution < 1.29 is 18.7 Å². The van der Waals surface area contributed by atoms with Crippen molar-refractivity contribution in [2.24, 2.45) is 0 Å². The third kappa shape index (κ3) is 3.28. The molecule has 2 aliphatic rings. The first kappa shape index (κ1) is 20.2. The Morgan fingerprint density at radius 2 is 1.93 bits per heavy atom. The van der Waals surface area contributed by atoms with E-state index in [1.165, 1.54) is 12.1 Å². The molecule has 0 radical (unpaired) electrons. The topological polar surface area (TPSA) is 61.9 Å². The molecular formula is C23H26FN3O3. The molecule has 7 heteroatoms. The number of likely N-dealkylation sites (tertiary alicyclic amines) is 1. The van der Waals surface area contributed by atoms with Crippen LogP contribution >= 0.6 is 0 Å². The summed E-state index contributed by atoms with van der Waals surface area (Å²) in [7, 11) is 1.60. The van der Waals surface area contributed by atoms with E-state index in [0.717, 1.165) is 17.0 Å². The van der Waals surface area contributed by atoms with E-state index in [4.69, 9.17) is 4.74 Å². The third-order valence-electron chi connectivity index (χ3n) is 6.21. The van der Waals surface area contributed by atoms with Crippen LogP contribution in [0, 0.1) is 12.7 Å². The first-order chi connectivity index (χ1) is 14.4. The molecule has 1 spiro atoms. The second-order valence-electron chi connectivity index (χ2n) is 7.86. The molecule has 0 unspecified atom stereocenters. The average Bonchev–Trinajstić information content (AvgIpc) is 2.74. The van der Waals surface area contributed by atoms with Crippen LogP contribution in [0.2, 0.25) is 0 Å². The lowest BCUT2D eigenvalue weighted by Crippen LogP contribution is -2.68. The van der Waals surface area contributed by atoms with Crippen LogP contribution in [-0.2, 0) is 0 Å². The van der Waals surface area contributed by atoms with E-state index in [2.05, 4.69) is 10.2 Å². The number of benzene rings is 2. The molecule has 1 fully saturated rings. The number of nitrogens with zero attached hydrogens (tertiary/aromatic N) is 2. The quantitative estimate of drug-likeness (QED) is 0.842. The van der Waals surface area contributed by atoms with Gasteiger partial charge in [0, 0.05) is 38.0 Å². The summed E-state index contributed by atoms with van der Waals surface area (Å²) >= 11 is 0. The van der Waals surface area contributed by atoms with Gasteiger partial charge in [-0.2, -0.15) is 0 Å². The molecule has 0 aromatic heterocycles. The van der Waals surface area contributed by atoms with Crippen molar-refractivity contribution in [1.82, 2.24) is 10.2 Å². The van der Waals surface area contributed by atoms with E-state index in [9.17, 15) is 14.0 Å². The number of anilines is 1. The summed E-state index contributed by atoms with van der Waals surface area (Å²) < 4.78 is 18.9. The van der Waals surface area contributed by atoms with Crippen LogP contribution < -0.4 is 15.0 Å². The number of ether oxygens (including phenoxy) is 1. The maximum absolute atomic E-state index is 13.7. The monoisotopic (exact) mass is 411 g/mol. The molecule has 2 aromatic rings. The lowest BCUT2D eigenvalue weighted by atomic mass is 9.89. The molecule has 0 bridgehead atoms.